The van der Waals surface area contributed by atoms with Crippen LogP contribution in [0.3, 0.4) is 0 Å². The third kappa shape index (κ3) is 1.51. The fraction of sp³-hybridized carbons (Fsp3) is 0.273. The zero-order valence-electron chi connectivity index (χ0n) is 7.83. The first-order valence-electron chi connectivity index (χ1n) is 4.70. The summed E-state index contributed by atoms with van der Waals surface area (Å²) in [6.45, 7) is -0.373. The highest BCUT2D eigenvalue weighted by Gasteiger charge is 2.09. The molecule has 0 bridgehead atoms. The van der Waals surface area contributed by atoms with E-state index in [4.69, 9.17) is 5.73 Å². The van der Waals surface area contributed by atoms with E-state index < -0.39 is 0 Å². The van der Waals surface area contributed by atoms with Gasteiger partial charge in [0.1, 0.15) is 0 Å². The molecule has 0 spiro atoms. The van der Waals surface area contributed by atoms with E-state index in [9.17, 15) is 4.39 Å². The number of alkyl halides is 1. The van der Waals surface area contributed by atoms with Gasteiger partial charge in [-0.05, 0) is 24.1 Å². The van der Waals surface area contributed by atoms with Crippen molar-refractivity contribution in [2.75, 3.05) is 6.67 Å². The number of fused-ring (bicyclic) bond motifs is 1. The van der Waals surface area contributed by atoms with Crippen molar-refractivity contribution >= 4 is 10.9 Å². The Balaban J connectivity index is 2.45. The molecule has 0 aliphatic rings. The summed E-state index contributed by atoms with van der Waals surface area (Å²) in [5.74, 6) is 0. The number of rotatable bonds is 3. The van der Waals surface area contributed by atoms with Crippen molar-refractivity contribution < 1.29 is 4.39 Å². The van der Waals surface area contributed by atoms with E-state index in [2.05, 4.69) is 4.98 Å². The van der Waals surface area contributed by atoms with Crippen molar-refractivity contribution in [3.63, 3.8) is 0 Å². The van der Waals surface area contributed by atoms with Crippen LogP contribution in [0.4, 0.5) is 4.39 Å². The minimum Gasteiger partial charge on any atom is -0.361 e. The van der Waals surface area contributed by atoms with Crippen LogP contribution in [-0.2, 0) is 0 Å². The van der Waals surface area contributed by atoms with Crippen LogP contribution < -0.4 is 5.73 Å². The highest BCUT2D eigenvalue weighted by molar-refractivity contribution is 5.83. The topological polar surface area (TPSA) is 41.8 Å². The van der Waals surface area contributed by atoms with Crippen LogP contribution in [0.1, 0.15) is 18.0 Å². The molecule has 2 nitrogen and oxygen atoms in total. The largest absolute Gasteiger partial charge is 0.361 e. The van der Waals surface area contributed by atoms with Gasteiger partial charge < -0.3 is 10.7 Å². The molecule has 0 saturated heterocycles. The lowest BCUT2D eigenvalue weighted by atomic mass is 10.0. The molecule has 1 aromatic heterocycles. The van der Waals surface area contributed by atoms with Crippen LogP contribution in [0, 0.1) is 0 Å². The fourth-order valence-corrected chi connectivity index (χ4v) is 1.71. The number of nitrogens with two attached hydrogens (primary N) is 1. The van der Waals surface area contributed by atoms with E-state index in [1.54, 1.807) is 0 Å². The van der Waals surface area contributed by atoms with Gasteiger partial charge in [0.25, 0.3) is 0 Å². The number of aromatic amines is 1. The summed E-state index contributed by atoms with van der Waals surface area (Å²) >= 11 is 0. The van der Waals surface area contributed by atoms with Crippen molar-refractivity contribution in [3.05, 3.63) is 36.0 Å². The van der Waals surface area contributed by atoms with Crippen molar-refractivity contribution in [1.29, 1.82) is 0 Å². The van der Waals surface area contributed by atoms with Gasteiger partial charge in [-0.25, -0.2) is 0 Å². The van der Waals surface area contributed by atoms with Crippen LogP contribution >= 0.6 is 0 Å². The molecule has 1 atom stereocenters. The van der Waals surface area contributed by atoms with Gasteiger partial charge in [0, 0.05) is 23.1 Å². The van der Waals surface area contributed by atoms with Crippen LogP contribution in [0.25, 0.3) is 10.9 Å². The van der Waals surface area contributed by atoms with Gasteiger partial charge in [-0.1, -0.05) is 12.1 Å². The van der Waals surface area contributed by atoms with E-state index in [1.807, 2.05) is 30.5 Å². The normalized spacial score (nSPS) is 13.3. The predicted molar refractivity (Wildman–Crippen MR) is 55.8 cm³/mol. The third-order valence-electron chi connectivity index (χ3n) is 2.45. The number of H-pyrrole nitrogens is 1. The zero-order valence-corrected chi connectivity index (χ0v) is 7.83. The number of hydrogen-bond donors (Lipinski definition) is 2. The Labute approximate surface area is 81.9 Å². The van der Waals surface area contributed by atoms with E-state index in [0.717, 1.165) is 16.5 Å². The molecule has 0 unspecified atom stereocenters. The fourth-order valence-electron chi connectivity index (χ4n) is 1.71. The molecule has 0 amide bonds. The maximum Gasteiger partial charge on any atom is 0.0912 e. The van der Waals surface area contributed by atoms with Crippen molar-refractivity contribution in [2.45, 2.75) is 12.5 Å². The highest BCUT2D eigenvalue weighted by atomic mass is 19.1. The summed E-state index contributed by atoms with van der Waals surface area (Å²) in [7, 11) is 0. The molecule has 0 aliphatic heterocycles. The van der Waals surface area contributed by atoms with Gasteiger partial charge in [-0.3, -0.25) is 4.39 Å². The molecule has 74 valence electrons. The maximum atomic E-state index is 12.2. The standard InChI is InChI=1S/C11H13FN2/c12-6-4-10(13)8-2-1-3-11-9(8)5-7-14-11/h1-3,5,7,10,14H,4,6,13H2/t10-/m0/s1. The molecule has 0 saturated carbocycles. The minimum absolute atomic E-state index is 0.209. The maximum absolute atomic E-state index is 12.2. The predicted octanol–water partition coefficient (Wildman–Crippen LogP) is 2.53. The van der Waals surface area contributed by atoms with Gasteiger partial charge in [0.2, 0.25) is 0 Å². The van der Waals surface area contributed by atoms with Crippen LogP contribution in [-0.4, -0.2) is 11.7 Å². The SMILES string of the molecule is N[C@@H](CCF)c1cccc2[nH]ccc12. The summed E-state index contributed by atoms with van der Waals surface area (Å²) in [5, 5.41) is 1.09. The van der Waals surface area contributed by atoms with E-state index >= 15 is 0 Å². The van der Waals surface area contributed by atoms with Gasteiger partial charge in [0.05, 0.1) is 6.67 Å². The average Bonchev–Trinajstić information content (AvgIpc) is 2.65. The number of aromatic nitrogens is 1. The Kier molecular flexibility index (Phi) is 2.50. The lowest BCUT2D eigenvalue weighted by Gasteiger charge is -2.10. The number of hydrogen-bond acceptors (Lipinski definition) is 1. The summed E-state index contributed by atoms with van der Waals surface area (Å²) in [6.07, 6.45) is 2.25. The quantitative estimate of drug-likeness (QED) is 0.770. The smallest absolute Gasteiger partial charge is 0.0912 e. The first kappa shape index (κ1) is 9.21. The molecule has 3 N–H and O–H groups in total. The van der Waals surface area contributed by atoms with Crippen LogP contribution in [0.15, 0.2) is 30.5 Å². The Morgan fingerprint density at radius 2 is 2.21 bits per heavy atom. The summed E-state index contributed by atoms with van der Waals surface area (Å²) in [4.78, 5) is 3.11. The van der Waals surface area contributed by atoms with Crippen molar-refractivity contribution in [3.8, 4) is 0 Å². The van der Waals surface area contributed by atoms with E-state index in [1.165, 1.54) is 0 Å². The highest BCUT2D eigenvalue weighted by Crippen LogP contribution is 2.23. The second kappa shape index (κ2) is 3.80. The van der Waals surface area contributed by atoms with E-state index in [0.29, 0.717) is 6.42 Å². The second-order valence-electron chi connectivity index (χ2n) is 3.37. The van der Waals surface area contributed by atoms with E-state index in [-0.39, 0.29) is 12.7 Å². The first-order valence-corrected chi connectivity index (χ1v) is 4.70. The molecule has 2 rings (SSSR count). The number of halogens is 1. The molecule has 1 heterocycles. The summed E-state index contributed by atoms with van der Waals surface area (Å²) in [6, 6.07) is 7.64. The Bertz CT molecular complexity index is 422. The monoisotopic (exact) mass is 192 g/mol. The zero-order chi connectivity index (χ0) is 9.97. The molecular formula is C11H13FN2. The van der Waals surface area contributed by atoms with Gasteiger partial charge in [-0.15, -0.1) is 0 Å². The van der Waals surface area contributed by atoms with Gasteiger partial charge in [0.15, 0.2) is 0 Å². The molecule has 0 radical (unpaired) electrons. The van der Waals surface area contributed by atoms with Crippen molar-refractivity contribution in [1.82, 2.24) is 4.98 Å². The minimum atomic E-state index is -0.373. The summed E-state index contributed by atoms with van der Waals surface area (Å²) in [5.41, 5.74) is 7.94. The molecular weight excluding hydrogens is 179 g/mol. The molecule has 3 heteroatoms. The first-order chi connectivity index (χ1) is 6.83. The lowest BCUT2D eigenvalue weighted by molar-refractivity contribution is 0.443. The number of benzene rings is 1. The van der Waals surface area contributed by atoms with Crippen molar-refractivity contribution in [2.24, 2.45) is 5.73 Å². The Morgan fingerprint density at radius 1 is 1.36 bits per heavy atom. The second-order valence-corrected chi connectivity index (χ2v) is 3.37. The summed E-state index contributed by atoms with van der Waals surface area (Å²) < 4.78 is 12.2. The molecule has 0 fully saturated rings. The lowest BCUT2D eigenvalue weighted by Crippen LogP contribution is -2.11. The molecule has 14 heavy (non-hydrogen) atoms. The van der Waals surface area contributed by atoms with Crippen LogP contribution in [0.2, 0.25) is 0 Å². The number of nitrogens with one attached hydrogen (secondary N) is 1. The van der Waals surface area contributed by atoms with Gasteiger partial charge in [-0.2, -0.15) is 0 Å². The molecule has 1 aromatic carbocycles. The molecule has 0 aliphatic carbocycles. The average molecular weight is 192 g/mol. The van der Waals surface area contributed by atoms with Crippen LogP contribution in [0.5, 0.6) is 0 Å². The third-order valence-corrected chi connectivity index (χ3v) is 2.45. The van der Waals surface area contributed by atoms with Gasteiger partial charge >= 0.3 is 0 Å². The molecule has 2 aromatic rings. The Morgan fingerprint density at radius 3 is 3.00 bits per heavy atom. The Hall–Kier alpha value is -1.35.